The Balaban J connectivity index is 3.07. The first-order valence-corrected chi connectivity index (χ1v) is 4.14. The van der Waals surface area contributed by atoms with E-state index in [-0.39, 0.29) is 12.2 Å². The average Bonchev–Trinajstić information content (AvgIpc) is 1.63. The van der Waals surface area contributed by atoms with Crippen LogP contribution in [0.3, 0.4) is 0 Å². The van der Waals surface area contributed by atoms with Gasteiger partial charge in [-0.2, -0.15) is 11.8 Å². The van der Waals surface area contributed by atoms with Crippen molar-refractivity contribution in [1.82, 2.24) is 0 Å². The quantitative estimate of drug-likeness (QED) is 0.615. The second-order valence-corrected chi connectivity index (χ2v) is 3.84. The van der Waals surface area contributed by atoms with E-state index in [9.17, 15) is 4.39 Å². The lowest BCUT2D eigenvalue weighted by molar-refractivity contribution is 0.531. The van der Waals surface area contributed by atoms with Crippen molar-refractivity contribution in [2.75, 3.05) is 18.2 Å². The van der Waals surface area contributed by atoms with E-state index in [0.29, 0.717) is 5.75 Å². The van der Waals surface area contributed by atoms with Crippen LogP contribution in [-0.4, -0.2) is 23.7 Å². The van der Waals surface area contributed by atoms with E-state index in [1.807, 2.05) is 13.8 Å². The number of hydrogen-bond acceptors (Lipinski definition) is 2. The van der Waals surface area contributed by atoms with Gasteiger partial charge in [-0.15, -0.1) is 0 Å². The number of rotatable bonds is 4. The summed E-state index contributed by atoms with van der Waals surface area (Å²) in [6.07, 6.45) is 0. The van der Waals surface area contributed by atoms with Crippen LogP contribution in [0, 0.1) is 0 Å². The fourth-order valence-corrected chi connectivity index (χ4v) is 1.17. The first-order chi connectivity index (χ1) is 4.06. The summed E-state index contributed by atoms with van der Waals surface area (Å²) >= 11 is 1.56. The van der Waals surface area contributed by atoms with Gasteiger partial charge in [-0.25, -0.2) is 0 Å². The molecule has 2 N–H and O–H groups in total. The molecule has 0 spiro atoms. The summed E-state index contributed by atoms with van der Waals surface area (Å²) in [5.41, 5.74) is 5.48. The molecule has 0 aromatic heterocycles. The van der Waals surface area contributed by atoms with Crippen molar-refractivity contribution in [3.63, 3.8) is 0 Å². The summed E-state index contributed by atoms with van der Waals surface area (Å²) in [5.74, 6) is 1.40. The van der Waals surface area contributed by atoms with Crippen molar-refractivity contribution in [3.8, 4) is 0 Å². The van der Waals surface area contributed by atoms with Crippen molar-refractivity contribution in [1.29, 1.82) is 0 Å². The molecule has 0 aromatic carbocycles. The molecule has 0 aliphatic carbocycles. The zero-order valence-corrected chi connectivity index (χ0v) is 6.80. The number of thioether (sulfide) groups is 1. The molecule has 0 aliphatic heterocycles. The molecule has 0 saturated heterocycles. The molecule has 0 fully saturated rings. The average molecular weight is 151 g/mol. The third-order valence-electron chi connectivity index (χ3n) is 0.696. The third kappa shape index (κ3) is 8.24. The second-order valence-electron chi connectivity index (χ2n) is 2.73. The minimum Gasteiger partial charge on any atom is -0.325 e. The highest BCUT2D eigenvalue weighted by molar-refractivity contribution is 7.99. The Bertz CT molecular complexity index is 69.9. The van der Waals surface area contributed by atoms with Crippen molar-refractivity contribution < 1.29 is 4.39 Å². The molecule has 0 rings (SSSR count). The molecule has 9 heavy (non-hydrogen) atoms. The van der Waals surface area contributed by atoms with Gasteiger partial charge < -0.3 is 5.73 Å². The van der Waals surface area contributed by atoms with Crippen LogP contribution in [-0.2, 0) is 0 Å². The highest BCUT2D eigenvalue weighted by Crippen LogP contribution is 2.08. The zero-order chi connectivity index (χ0) is 7.33. The van der Waals surface area contributed by atoms with E-state index < -0.39 is 0 Å². The fourth-order valence-electron chi connectivity index (χ4n) is 0.390. The largest absolute Gasteiger partial charge is 0.325 e. The maximum absolute atomic E-state index is 11.5. The van der Waals surface area contributed by atoms with Crippen LogP contribution in [0.2, 0.25) is 0 Å². The molecule has 0 atom stereocenters. The standard InChI is InChI=1S/C6H14FNS/c1-6(2,8)5-9-4-3-7/h3-5,8H2,1-2H3. The van der Waals surface area contributed by atoms with Gasteiger partial charge in [-0.1, -0.05) is 0 Å². The Kier molecular flexibility index (Phi) is 4.23. The van der Waals surface area contributed by atoms with E-state index in [1.54, 1.807) is 11.8 Å². The van der Waals surface area contributed by atoms with E-state index in [1.165, 1.54) is 0 Å². The van der Waals surface area contributed by atoms with E-state index in [0.717, 1.165) is 5.75 Å². The Morgan fingerprint density at radius 1 is 1.56 bits per heavy atom. The van der Waals surface area contributed by atoms with E-state index in [2.05, 4.69) is 0 Å². The van der Waals surface area contributed by atoms with Crippen LogP contribution in [0.5, 0.6) is 0 Å². The first-order valence-electron chi connectivity index (χ1n) is 2.99. The van der Waals surface area contributed by atoms with Gasteiger partial charge in [0, 0.05) is 17.0 Å². The summed E-state index contributed by atoms with van der Waals surface area (Å²) in [6.45, 7) is 3.64. The number of alkyl halides is 1. The van der Waals surface area contributed by atoms with Crippen LogP contribution in [0.4, 0.5) is 4.39 Å². The molecule has 0 heterocycles. The SMILES string of the molecule is CC(C)(N)CSCCF. The maximum Gasteiger partial charge on any atom is 0.0984 e. The van der Waals surface area contributed by atoms with Crippen molar-refractivity contribution in [3.05, 3.63) is 0 Å². The topological polar surface area (TPSA) is 26.0 Å². The van der Waals surface area contributed by atoms with E-state index in [4.69, 9.17) is 5.73 Å². The summed E-state index contributed by atoms with van der Waals surface area (Å²) < 4.78 is 11.5. The summed E-state index contributed by atoms with van der Waals surface area (Å²) in [6, 6.07) is 0. The Hall–Kier alpha value is 0.240. The van der Waals surface area contributed by atoms with Crippen LogP contribution in [0.15, 0.2) is 0 Å². The fraction of sp³-hybridized carbons (Fsp3) is 1.00. The predicted octanol–water partition coefficient (Wildman–Crippen LogP) is 1.43. The third-order valence-corrected chi connectivity index (χ3v) is 2.09. The molecular weight excluding hydrogens is 137 g/mol. The number of hydrogen-bond donors (Lipinski definition) is 1. The Morgan fingerprint density at radius 3 is 2.44 bits per heavy atom. The minimum absolute atomic E-state index is 0.153. The van der Waals surface area contributed by atoms with Crippen LogP contribution in [0.1, 0.15) is 13.8 Å². The lowest BCUT2D eigenvalue weighted by atomic mass is 10.1. The monoisotopic (exact) mass is 151 g/mol. The van der Waals surface area contributed by atoms with Gasteiger partial charge in [-0.05, 0) is 13.8 Å². The first kappa shape index (κ1) is 9.24. The van der Waals surface area contributed by atoms with Gasteiger partial charge in [-0.3, -0.25) is 4.39 Å². The molecule has 0 aromatic rings. The Morgan fingerprint density at radius 2 is 2.11 bits per heavy atom. The molecule has 0 amide bonds. The van der Waals surface area contributed by atoms with Gasteiger partial charge in [0.25, 0.3) is 0 Å². The van der Waals surface area contributed by atoms with Gasteiger partial charge >= 0.3 is 0 Å². The molecular formula is C6H14FNS. The van der Waals surface area contributed by atoms with Gasteiger partial charge in [0.15, 0.2) is 0 Å². The van der Waals surface area contributed by atoms with Crippen LogP contribution in [0.25, 0.3) is 0 Å². The lowest BCUT2D eigenvalue weighted by Crippen LogP contribution is -2.34. The predicted molar refractivity (Wildman–Crippen MR) is 41.6 cm³/mol. The van der Waals surface area contributed by atoms with Gasteiger partial charge in [0.05, 0.1) is 6.67 Å². The maximum atomic E-state index is 11.5. The molecule has 0 bridgehead atoms. The highest BCUT2D eigenvalue weighted by atomic mass is 32.2. The minimum atomic E-state index is -0.249. The van der Waals surface area contributed by atoms with Crippen LogP contribution < -0.4 is 5.73 Å². The normalized spacial score (nSPS) is 12.0. The smallest absolute Gasteiger partial charge is 0.0984 e. The van der Waals surface area contributed by atoms with Gasteiger partial charge in [0.2, 0.25) is 0 Å². The molecule has 0 radical (unpaired) electrons. The van der Waals surface area contributed by atoms with Crippen molar-refractivity contribution >= 4 is 11.8 Å². The summed E-state index contributed by atoms with van der Waals surface area (Å²) in [4.78, 5) is 0. The Labute approximate surface area is 60.2 Å². The number of nitrogens with two attached hydrogens (primary N) is 1. The highest BCUT2D eigenvalue weighted by Gasteiger charge is 2.08. The summed E-state index contributed by atoms with van der Waals surface area (Å²) in [5, 5.41) is 0. The zero-order valence-electron chi connectivity index (χ0n) is 5.98. The summed E-state index contributed by atoms with van der Waals surface area (Å²) in [7, 11) is 0. The molecule has 0 unspecified atom stereocenters. The van der Waals surface area contributed by atoms with Gasteiger partial charge in [0.1, 0.15) is 0 Å². The molecule has 56 valence electrons. The molecule has 3 heteroatoms. The van der Waals surface area contributed by atoms with Crippen molar-refractivity contribution in [2.45, 2.75) is 19.4 Å². The lowest BCUT2D eigenvalue weighted by Gasteiger charge is -2.16. The van der Waals surface area contributed by atoms with Crippen LogP contribution >= 0.6 is 11.8 Å². The molecule has 1 nitrogen and oxygen atoms in total. The van der Waals surface area contributed by atoms with Crippen molar-refractivity contribution in [2.24, 2.45) is 5.73 Å². The molecule has 0 aliphatic rings. The molecule has 0 saturated carbocycles. The second kappa shape index (κ2) is 4.12. The van der Waals surface area contributed by atoms with E-state index >= 15 is 0 Å². The number of halogens is 1.